The Balaban J connectivity index is 1.47. The molecule has 3 rings (SSSR count). The molecule has 2 aromatic rings. The van der Waals surface area contributed by atoms with E-state index in [1.807, 2.05) is 6.07 Å². The minimum atomic E-state index is -0.408. The number of hydrogen-bond acceptors (Lipinski definition) is 3. The lowest BCUT2D eigenvalue weighted by atomic mass is 10.2. The first-order valence-electron chi connectivity index (χ1n) is 8.91. The third-order valence-corrected chi connectivity index (χ3v) is 4.35. The molecule has 1 aliphatic rings. The fourth-order valence-corrected chi connectivity index (χ4v) is 2.85. The van der Waals surface area contributed by atoms with Gasteiger partial charge in [0.2, 0.25) is 0 Å². The monoisotopic (exact) mass is 371 g/mol. The fourth-order valence-electron chi connectivity index (χ4n) is 2.85. The van der Waals surface area contributed by atoms with Crippen molar-refractivity contribution in [2.75, 3.05) is 26.2 Å². The first-order chi connectivity index (χ1) is 13.1. The third kappa shape index (κ3) is 5.44. The Hall–Kier alpha value is -3.09. The van der Waals surface area contributed by atoms with Gasteiger partial charge in [0.1, 0.15) is 11.6 Å². The molecule has 0 bridgehead atoms. The molecule has 1 fully saturated rings. The molecule has 1 aliphatic heterocycles. The standard InChI is InChI=1S/C20H22FN3O3/c21-17-9-7-16(8-10-17)15-22-19(25)23-11-4-12-24(14-13-23)20(26)27-18-5-2-1-3-6-18/h1-3,5-10H,4,11-15H2,(H,22,25). The lowest BCUT2D eigenvalue weighted by Crippen LogP contribution is -2.42. The number of rotatable bonds is 3. The highest BCUT2D eigenvalue weighted by Gasteiger charge is 2.23. The summed E-state index contributed by atoms with van der Waals surface area (Å²) in [6.07, 6.45) is 0.267. The van der Waals surface area contributed by atoms with Crippen LogP contribution in [0.5, 0.6) is 5.75 Å². The molecule has 1 N–H and O–H groups in total. The van der Waals surface area contributed by atoms with Gasteiger partial charge in [-0.15, -0.1) is 0 Å². The predicted molar refractivity (Wildman–Crippen MR) is 98.9 cm³/mol. The Morgan fingerprint density at radius 3 is 2.33 bits per heavy atom. The lowest BCUT2D eigenvalue weighted by molar-refractivity contribution is 0.153. The normalized spacial score (nSPS) is 14.4. The molecule has 0 saturated carbocycles. The minimum absolute atomic E-state index is 0.197. The molecule has 142 valence electrons. The van der Waals surface area contributed by atoms with Gasteiger partial charge in [0.05, 0.1) is 0 Å². The second-order valence-electron chi connectivity index (χ2n) is 6.29. The number of amides is 3. The summed E-state index contributed by atoms with van der Waals surface area (Å²) < 4.78 is 18.3. The highest BCUT2D eigenvalue weighted by atomic mass is 19.1. The maximum absolute atomic E-state index is 12.9. The number of ether oxygens (including phenoxy) is 1. The highest BCUT2D eigenvalue weighted by Crippen LogP contribution is 2.12. The molecule has 1 heterocycles. The smallest absolute Gasteiger partial charge is 0.410 e. The van der Waals surface area contributed by atoms with Crippen molar-refractivity contribution in [3.63, 3.8) is 0 Å². The maximum atomic E-state index is 12.9. The average Bonchev–Trinajstić information content (AvgIpc) is 2.94. The molecule has 0 radical (unpaired) electrons. The Labute approximate surface area is 157 Å². The molecule has 0 aromatic heterocycles. The number of carbonyl (C=O) groups is 2. The molecule has 1 saturated heterocycles. The molecule has 0 spiro atoms. The van der Waals surface area contributed by atoms with Crippen molar-refractivity contribution < 1.29 is 18.7 Å². The second kappa shape index (κ2) is 9.02. The van der Waals surface area contributed by atoms with Gasteiger partial charge in [0.15, 0.2) is 0 Å². The summed E-state index contributed by atoms with van der Waals surface area (Å²) in [6, 6.07) is 14.7. The van der Waals surface area contributed by atoms with Gasteiger partial charge in [0, 0.05) is 32.7 Å². The van der Waals surface area contributed by atoms with Crippen LogP contribution in [0.3, 0.4) is 0 Å². The van der Waals surface area contributed by atoms with Gasteiger partial charge < -0.3 is 19.9 Å². The van der Waals surface area contributed by atoms with Gasteiger partial charge in [-0.2, -0.15) is 0 Å². The summed E-state index contributed by atoms with van der Waals surface area (Å²) in [6.45, 7) is 2.27. The molecule has 0 unspecified atom stereocenters. The van der Waals surface area contributed by atoms with Crippen LogP contribution in [-0.2, 0) is 6.54 Å². The maximum Gasteiger partial charge on any atom is 0.415 e. The van der Waals surface area contributed by atoms with E-state index in [1.54, 1.807) is 46.2 Å². The summed E-state index contributed by atoms with van der Waals surface area (Å²) in [5, 5.41) is 2.83. The van der Waals surface area contributed by atoms with Crippen molar-refractivity contribution in [3.8, 4) is 5.75 Å². The Morgan fingerprint density at radius 1 is 0.926 bits per heavy atom. The Bertz CT molecular complexity index is 768. The molecule has 3 amide bonds. The number of carbonyl (C=O) groups excluding carboxylic acids is 2. The van der Waals surface area contributed by atoms with Crippen LogP contribution >= 0.6 is 0 Å². The van der Waals surface area contributed by atoms with E-state index in [0.717, 1.165) is 5.56 Å². The van der Waals surface area contributed by atoms with Crippen LogP contribution in [-0.4, -0.2) is 48.1 Å². The summed E-state index contributed by atoms with van der Waals surface area (Å²) >= 11 is 0. The first kappa shape index (κ1) is 18.7. The van der Waals surface area contributed by atoms with E-state index >= 15 is 0 Å². The van der Waals surface area contributed by atoms with Crippen LogP contribution in [0.2, 0.25) is 0 Å². The van der Waals surface area contributed by atoms with Gasteiger partial charge in [-0.25, -0.2) is 14.0 Å². The predicted octanol–water partition coefficient (Wildman–Crippen LogP) is 3.24. The van der Waals surface area contributed by atoms with E-state index in [0.29, 0.717) is 44.9 Å². The largest absolute Gasteiger partial charge is 0.415 e. The van der Waals surface area contributed by atoms with E-state index in [1.165, 1.54) is 12.1 Å². The molecule has 2 aromatic carbocycles. The summed E-state index contributed by atoms with van der Waals surface area (Å²) in [7, 11) is 0. The number of hydrogen-bond donors (Lipinski definition) is 1. The van der Waals surface area contributed by atoms with Gasteiger partial charge in [-0.05, 0) is 36.2 Å². The topological polar surface area (TPSA) is 61.9 Å². The number of nitrogens with zero attached hydrogens (tertiary/aromatic N) is 2. The van der Waals surface area contributed by atoms with E-state index in [4.69, 9.17) is 4.74 Å². The van der Waals surface area contributed by atoms with Crippen molar-refractivity contribution in [1.29, 1.82) is 0 Å². The van der Waals surface area contributed by atoms with Gasteiger partial charge in [-0.1, -0.05) is 30.3 Å². The zero-order chi connectivity index (χ0) is 19.1. The van der Waals surface area contributed by atoms with Gasteiger partial charge in [-0.3, -0.25) is 0 Å². The molecule has 6 nitrogen and oxygen atoms in total. The van der Waals surface area contributed by atoms with Crippen LogP contribution < -0.4 is 10.1 Å². The SMILES string of the molecule is O=C(NCc1ccc(F)cc1)N1CCCN(C(=O)Oc2ccccc2)CC1. The van der Waals surface area contributed by atoms with Crippen LogP contribution in [0, 0.1) is 5.82 Å². The average molecular weight is 371 g/mol. The van der Waals surface area contributed by atoms with Crippen molar-refractivity contribution in [3.05, 3.63) is 66.0 Å². The number of benzene rings is 2. The van der Waals surface area contributed by atoms with E-state index < -0.39 is 6.09 Å². The van der Waals surface area contributed by atoms with E-state index in [-0.39, 0.29) is 11.8 Å². The van der Waals surface area contributed by atoms with Crippen LogP contribution in [0.1, 0.15) is 12.0 Å². The van der Waals surface area contributed by atoms with Crippen molar-refractivity contribution in [1.82, 2.24) is 15.1 Å². The molecular weight excluding hydrogens is 349 g/mol. The van der Waals surface area contributed by atoms with Crippen molar-refractivity contribution in [2.24, 2.45) is 0 Å². The number of para-hydroxylation sites is 1. The van der Waals surface area contributed by atoms with Crippen molar-refractivity contribution in [2.45, 2.75) is 13.0 Å². The van der Waals surface area contributed by atoms with Crippen LogP contribution in [0.15, 0.2) is 54.6 Å². The Morgan fingerprint density at radius 2 is 1.59 bits per heavy atom. The second-order valence-corrected chi connectivity index (χ2v) is 6.29. The van der Waals surface area contributed by atoms with Gasteiger partial charge in [0.25, 0.3) is 0 Å². The summed E-state index contributed by atoms with van der Waals surface area (Å²) in [4.78, 5) is 27.9. The number of nitrogens with one attached hydrogen (secondary N) is 1. The third-order valence-electron chi connectivity index (χ3n) is 4.35. The zero-order valence-corrected chi connectivity index (χ0v) is 14.9. The first-order valence-corrected chi connectivity index (χ1v) is 8.91. The van der Waals surface area contributed by atoms with Crippen LogP contribution in [0.4, 0.5) is 14.0 Å². The lowest BCUT2D eigenvalue weighted by Gasteiger charge is -2.22. The number of halogens is 1. The molecule has 27 heavy (non-hydrogen) atoms. The number of urea groups is 1. The van der Waals surface area contributed by atoms with E-state index in [9.17, 15) is 14.0 Å². The van der Waals surface area contributed by atoms with Crippen LogP contribution in [0.25, 0.3) is 0 Å². The summed E-state index contributed by atoms with van der Waals surface area (Å²) in [5.41, 5.74) is 0.827. The molecular formula is C20H22FN3O3. The molecule has 0 aliphatic carbocycles. The van der Waals surface area contributed by atoms with E-state index in [2.05, 4.69) is 5.32 Å². The summed E-state index contributed by atoms with van der Waals surface area (Å²) in [5.74, 6) is 0.195. The van der Waals surface area contributed by atoms with Crippen molar-refractivity contribution >= 4 is 12.1 Å². The molecule has 0 atom stereocenters. The molecule has 7 heteroatoms. The quantitative estimate of drug-likeness (QED) is 0.901. The fraction of sp³-hybridized carbons (Fsp3) is 0.300. The highest BCUT2D eigenvalue weighted by molar-refractivity contribution is 5.74. The zero-order valence-electron chi connectivity index (χ0n) is 14.9. The van der Waals surface area contributed by atoms with Gasteiger partial charge >= 0.3 is 12.1 Å². The Kier molecular flexibility index (Phi) is 6.25. The minimum Gasteiger partial charge on any atom is -0.410 e.